The predicted octanol–water partition coefficient (Wildman–Crippen LogP) is 3.00. The van der Waals surface area contributed by atoms with Gasteiger partial charge < -0.3 is 10.6 Å². The number of hydrogen-bond acceptors (Lipinski definition) is 4. The molecule has 2 saturated carbocycles. The quantitative estimate of drug-likeness (QED) is 0.561. The maximum atomic E-state index is 11.7. The van der Waals surface area contributed by atoms with Crippen LogP contribution in [0.4, 0.5) is 0 Å². The van der Waals surface area contributed by atoms with Crippen molar-refractivity contribution >= 4 is 11.6 Å². The predicted molar refractivity (Wildman–Crippen MR) is 88.3 cm³/mol. The van der Waals surface area contributed by atoms with Crippen molar-refractivity contribution in [2.75, 3.05) is 0 Å². The van der Waals surface area contributed by atoms with Crippen molar-refractivity contribution in [3.63, 3.8) is 0 Å². The summed E-state index contributed by atoms with van der Waals surface area (Å²) in [4.78, 5) is 23.4. The molecule has 0 unspecified atom stereocenters. The molecule has 0 aromatic rings. The van der Waals surface area contributed by atoms with E-state index in [0.717, 1.165) is 25.7 Å². The summed E-state index contributed by atoms with van der Waals surface area (Å²) in [6.45, 7) is 0. The maximum Gasteiger partial charge on any atom is 0.227 e. The molecule has 2 N–H and O–H groups in total. The molecular weight excluding hydrogens is 276 g/mol. The average Bonchev–Trinajstić information content (AvgIpc) is 2.56. The van der Waals surface area contributed by atoms with E-state index >= 15 is 0 Å². The largest absolute Gasteiger partial charge is 0.388 e. The SMILES string of the molecule is O=C(/C=C\NC1CCCCC1)C(=O)/C=C\NC1CCCCC1. The molecule has 22 heavy (non-hydrogen) atoms. The lowest BCUT2D eigenvalue weighted by Crippen LogP contribution is -2.27. The normalized spacial score (nSPS) is 21.3. The monoisotopic (exact) mass is 304 g/mol. The average molecular weight is 304 g/mol. The number of ketones is 2. The van der Waals surface area contributed by atoms with Gasteiger partial charge in [-0.1, -0.05) is 38.5 Å². The zero-order valence-electron chi connectivity index (χ0n) is 13.4. The molecule has 2 fully saturated rings. The summed E-state index contributed by atoms with van der Waals surface area (Å²) in [5.41, 5.74) is 0. The fourth-order valence-electron chi connectivity index (χ4n) is 3.22. The van der Waals surface area contributed by atoms with Gasteiger partial charge in [0.1, 0.15) is 0 Å². The molecule has 0 spiro atoms. The number of rotatable bonds is 7. The van der Waals surface area contributed by atoms with Crippen LogP contribution in [-0.4, -0.2) is 23.7 Å². The molecule has 0 radical (unpaired) electrons. The minimum absolute atomic E-state index is 0.455. The lowest BCUT2D eigenvalue weighted by atomic mass is 9.96. The van der Waals surface area contributed by atoms with Gasteiger partial charge in [-0.15, -0.1) is 0 Å². The van der Waals surface area contributed by atoms with E-state index < -0.39 is 11.6 Å². The van der Waals surface area contributed by atoms with E-state index in [4.69, 9.17) is 0 Å². The Kier molecular flexibility index (Phi) is 7.20. The second-order valence-corrected chi connectivity index (χ2v) is 6.40. The van der Waals surface area contributed by atoms with Gasteiger partial charge in [0, 0.05) is 36.6 Å². The first kappa shape index (κ1) is 16.8. The minimum atomic E-state index is -0.468. The van der Waals surface area contributed by atoms with Gasteiger partial charge >= 0.3 is 0 Å². The second kappa shape index (κ2) is 9.44. The van der Waals surface area contributed by atoms with Crippen LogP contribution < -0.4 is 10.6 Å². The van der Waals surface area contributed by atoms with E-state index in [1.165, 1.54) is 50.7 Å². The Hall–Kier alpha value is -1.58. The van der Waals surface area contributed by atoms with Crippen LogP contribution in [0.5, 0.6) is 0 Å². The van der Waals surface area contributed by atoms with Crippen LogP contribution in [0, 0.1) is 0 Å². The van der Waals surface area contributed by atoms with Gasteiger partial charge in [0.05, 0.1) is 0 Å². The molecule has 122 valence electrons. The van der Waals surface area contributed by atoms with Crippen molar-refractivity contribution in [1.29, 1.82) is 0 Å². The van der Waals surface area contributed by atoms with Crippen LogP contribution >= 0.6 is 0 Å². The first-order valence-corrected chi connectivity index (χ1v) is 8.69. The third kappa shape index (κ3) is 6.04. The van der Waals surface area contributed by atoms with Crippen molar-refractivity contribution in [2.45, 2.75) is 76.3 Å². The zero-order chi connectivity index (χ0) is 15.6. The number of hydrogen-bond donors (Lipinski definition) is 2. The first-order chi connectivity index (χ1) is 10.8. The molecular formula is C18H28N2O2. The van der Waals surface area contributed by atoms with Gasteiger partial charge in [0.2, 0.25) is 11.6 Å². The van der Waals surface area contributed by atoms with Crippen LogP contribution in [0.3, 0.4) is 0 Å². The third-order valence-electron chi connectivity index (χ3n) is 4.59. The first-order valence-electron chi connectivity index (χ1n) is 8.69. The van der Waals surface area contributed by atoms with Crippen molar-refractivity contribution in [3.05, 3.63) is 24.6 Å². The second-order valence-electron chi connectivity index (χ2n) is 6.40. The van der Waals surface area contributed by atoms with E-state index in [9.17, 15) is 9.59 Å². The summed E-state index contributed by atoms with van der Waals surface area (Å²) in [6.07, 6.45) is 18.2. The number of carbonyl (C=O) groups excluding carboxylic acids is 2. The summed E-state index contributed by atoms with van der Waals surface area (Å²) in [6, 6.07) is 0.910. The van der Waals surface area contributed by atoms with Crippen molar-refractivity contribution in [2.24, 2.45) is 0 Å². The van der Waals surface area contributed by atoms with Crippen LogP contribution in [0.1, 0.15) is 64.2 Å². The summed E-state index contributed by atoms with van der Waals surface area (Å²) in [7, 11) is 0. The zero-order valence-corrected chi connectivity index (χ0v) is 13.4. The highest BCUT2D eigenvalue weighted by Gasteiger charge is 2.13. The van der Waals surface area contributed by atoms with Crippen LogP contribution in [0.25, 0.3) is 0 Å². The Morgan fingerprint density at radius 2 is 1.00 bits per heavy atom. The molecule has 0 amide bonds. The van der Waals surface area contributed by atoms with Crippen molar-refractivity contribution in [1.82, 2.24) is 10.6 Å². The standard InChI is InChI=1S/C18H28N2O2/c21-17(11-13-19-15-7-3-1-4-8-15)18(22)12-14-20-16-9-5-2-6-10-16/h11-16,19-20H,1-10H2/b13-11-,14-12-. The molecule has 2 rings (SSSR count). The number of nitrogens with one attached hydrogen (secondary N) is 2. The van der Waals surface area contributed by atoms with Gasteiger partial charge in [0.15, 0.2) is 0 Å². The molecule has 0 heterocycles. The van der Waals surface area contributed by atoms with Gasteiger partial charge in [0.25, 0.3) is 0 Å². The van der Waals surface area contributed by atoms with E-state index in [1.807, 2.05) is 0 Å². The maximum absolute atomic E-state index is 11.7. The molecule has 4 heteroatoms. The molecule has 0 bridgehead atoms. The van der Waals surface area contributed by atoms with Gasteiger partial charge in [-0.3, -0.25) is 9.59 Å². The van der Waals surface area contributed by atoms with Crippen LogP contribution in [-0.2, 0) is 9.59 Å². The summed E-state index contributed by atoms with van der Waals surface area (Å²) < 4.78 is 0. The van der Waals surface area contributed by atoms with Crippen LogP contribution in [0.15, 0.2) is 24.6 Å². The Bertz CT molecular complexity index is 377. The lowest BCUT2D eigenvalue weighted by Gasteiger charge is -2.21. The van der Waals surface area contributed by atoms with Gasteiger partial charge in [-0.05, 0) is 25.7 Å². The Labute approximate surface area is 133 Å². The number of carbonyl (C=O) groups is 2. The highest BCUT2D eigenvalue weighted by atomic mass is 16.2. The number of allylic oxidation sites excluding steroid dienone is 2. The molecule has 2 aliphatic carbocycles. The molecule has 4 nitrogen and oxygen atoms in total. The topological polar surface area (TPSA) is 58.2 Å². The Balaban J connectivity index is 1.65. The molecule has 0 saturated heterocycles. The van der Waals surface area contributed by atoms with Crippen LogP contribution in [0.2, 0.25) is 0 Å². The van der Waals surface area contributed by atoms with E-state index in [-0.39, 0.29) is 0 Å². The highest BCUT2D eigenvalue weighted by molar-refractivity contribution is 6.45. The van der Waals surface area contributed by atoms with Crippen molar-refractivity contribution in [3.8, 4) is 0 Å². The molecule has 0 aromatic carbocycles. The highest BCUT2D eigenvalue weighted by Crippen LogP contribution is 2.17. The Morgan fingerprint density at radius 1 is 0.636 bits per heavy atom. The fraction of sp³-hybridized carbons (Fsp3) is 0.667. The summed E-state index contributed by atoms with van der Waals surface area (Å²) in [5.74, 6) is -0.935. The molecule has 2 aliphatic rings. The van der Waals surface area contributed by atoms with Gasteiger partial charge in [-0.25, -0.2) is 0 Å². The third-order valence-corrected chi connectivity index (χ3v) is 4.59. The van der Waals surface area contributed by atoms with E-state index in [0.29, 0.717) is 12.1 Å². The minimum Gasteiger partial charge on any atom is -0.388 e. The summed E-state index contributed by atoms with van der Waals surface area (Å²) >= 11 is 0. The fourth-order valence-corrected chi connectivity index (χ4v) is 3.22. The summed E-state index contributed by atoms with van der Waals surface area (Å²) in [5, 5.41) is 6.44. The lowest BCUT2D eigenvalue weighted by molar-refractivity contribution is -0.130. The van der Waals surface area contributed by atoms with Crippen molar-refractivity contribution < 1.29 is 9.59 Å². The Morgan fingerprint density at radius 3 is 1.36 bits per heavy atom. The smallest absolute Gasteiger partial charge is 0.227 e. The van der Waals surface area contributed by atoms with E-state index in [2.05, 4.69) is 10.6 Å². The van der Waals surface area contributed by atoms with Gasteiger partial charge in [-0.2, -0.15) is 0 Å². The van der Waals surface area contributed by atoms with E-state index in [1.54, 1.807) is 12.4 Å². The molecule has 0 aliphatic heterocycles. The molecule has 0 atom stereocenters. The molecule has 0 aromatic heterocycles.